The van der Waals surface area contributed by atoms with Crippen LogP contribution in [0.2, 0.25) is 0 Å². The molecule has 0 spiro atoms. The van der Waals surface area contributed by atoms with Gasteiger partial charge >= 0.3 is 12.4 Å². The predicted molar refractivity (Wildman–Crippen MR) is 18.3 cm³/mol. The van der Waals surface area contributed by atoms with Gasteiger partial charge in [-0.15, -0.1) is 8.78 Å². The average molecular weight is 323 g/mol. The summed E-state index contributed by atoms with van der Waals surface area (Å²) < 4.78 is 19.8. The van der Waals surface area contributed by atoms with E-state index in [4.69, 9.17) is 19.8 Å². The van der Waals surface area contributed by atoms with Crippen molar-refractivity contribution < 1.29 is 49.6 Å². The summed E-state index contributed by atoms with van der Waals surface area (Å²) in [4.78, 5) is 16.7. The zero-order chi connectivity index (χ0) is 7.15. The molecule has 9 heavy (non-hydrogen) atoms. The van der Waals surface area contributed by atoms with Crippen LogP contribution in [-0.4, -0.2) is 22.7 Å². The summed E-state index contributed by atoms with van der Waals surface area (Å²) in [5.74, 6) is 0. The second-order valence-corrected chi connectivity index (χ2v) is 0.506. The summed E-state index contributed by atoms with van der Waals surface area (Å²) in [5, 5.41) is 13.5. The van der Waals surface area contributed by atoms with Crippen LogP contribution in [0.5, 0.6) is 0 Å². The third-order valence-corrected chi connectivity index (χ3v) is 0. The minimum atomic E-state index is -2.33. The van der Waals surface area contributed by atoms with Crippen LogP contribution < -0.4 is 0 Å². The molecule has 58 valence electrons. The molecule has 0 aromatic carbocycles. The predicted octanol–water partition coefficient (Wildman–Crippen LogP) is 1.27. The number of rotatable bonds is 0. The standard InChI is InChI=1S/2CHFO2.Pt/c2*2-1(3)4;/h2*(H,3,4);. The van der Waals surface area contributed by atoms with Crippen LogP contribution in [0.3, 0.4) is 0 Å². The minimum absolute atomic E-state index is 0. The normalized spacial score (nSPS) is 5.56. The van der Waals surface area contributed by atoms with Crippen LogP contribution in [0.4, 0.5) is 18.4 Å². The molecule has 0 aromatic heterocycles. The van der Waals surface area contributed by atoms with Crippen LogP contribution in [0.25, 0.3) is 0 Å². The molecule has 4 nitrogen and oxygen atoms in total. The summed E-state index contributed by atoms with van der Waals surface area (Å²) in [6.45, 7) is 0. The summed E-state index contributed by atoms with van der Waals surface area (Å²) >= 11 is 0. The first-order valence-corrected chi connectivity index (χ1v) is 1.23. The number of halogens is 2. The topological polar surface area (TPSA) is 74.6 Å². The van der Waals surface area contributed by atoms with Gasteiger partial charge in [-0.25, -0.2) is 9.59 Å². The maximum Gasteiger partial charge on any atom is 0.492 e. The summed E-state index contributed by atoms with van der Waals surface area (Å²) in [6.07, 6.45) is -4.67. The molecule has 0 aliphatic carbocycles. The first-order valence-electron chi connectivity index (χ1n) is 1.23. The Hall–Kier alpha value is -0.512. The van der Waals surface area contributed by atoms with Crippen LogP contribution >= 0.6 is 0 Å². The van der Waals surface area contributed by atoms with Gasteiger partial charge in [0, 0.05) is 21.1 Å². The zero-order valence-corrected chi connectivity index (χ0v) is 6.06. The molecule has 0 heterocycles. The van der Waals surface area contributed by atoms with Crippen molar-refractivity contribution in [2.24, 2.45) is 0 Å². The van der Waals surface area contributed by atoms with Crippen LogP contribution in [0, 0.1) is 0 Å². The molecule has 0 aromatic rings. The van der Waals surface area contributed by atoms with E-state index in [0.29, 0.717) is 0 Å². The van der Waals surface area contributed by atoms with E-state index in [-0.39, 0.29) is 21.1 Å². The van der Waals surface area contributed by atoms with Gasteiger partial charge in [-0.1, -0.05) is 0 Å². The third-order valence-electron chi connectivity index (χ3n) is 0. The molecule has 0 fully saturated rings. The van der Waals surface area contributed by atoms with Gasteiger partial charge in [0.2, 0.25) is 0 Å². The smallest absolute Gasteiger partial charge is 0.456 e. The molecule has 0 bridgehead atoms. The first-order chi connectivity index (χ1) is 3.46. The van der Waals surface area contributed by atoms with Crippen molar-refractivity contribution >= 4 is 12.4 Å². The molecule has 0 atom stereocenters. The van der Waals surface area contributed by atoms with E-state index in [1.54, 1.807) is 0 Å². The van der Waals surface area contributed by atoms with E-state index in [2.05, 4.69) is 0 Å². The fourth-order valence-corrected chi connectivity index (χ4v) is 0. The summed E-state index contributed by atoms with van der Waals surface area (Å²) in [5.41, 5.74) is 0. The van der Waals surface area contributed by atoms with Crippen molar-refractivity contribution in [3.05, 3.63) is 0 Å². The van der Waals surface area contributed by atoms with Gasteiger partial charge in [-0.05, 0) is 0 Å². The maximum atomic E-state index is 9.92. The first kappa shape index (κ1) is 15.8. The molecular weight excluding hydrogens is 321 g/mol. The Labute approximate surface area is 62.7 Å². The van der Waals surface area contributed by atoms with Gasteiger partial charge in [0.25, 0.3) is 0 Å². The Kier molecular flexibility index (Phi) is 18.4. The average Bonchev–Trinajstić information content (AvgIpc) is 1.25. The van der Waals surface area contributed by atoms with E-state index >= 15 is 0 Å². The molecule has 0 rings (SSSR count). The quantitative estimate of drug-likeness (QED) is 0.658. The second-order valence-electron chi connectivity index (χ2n) is 0.506. The molecule has 7 heteroatoms. The van der Waals surface area contributed by atoms with Gasteiger partial charge in [0.05, 0.1) is 0 Å². The van der Waals surface area contributed by atoms with Crippen molar-refractivity contribution in [3.63, 3.8) is 0 Å². The van der Waals surface area contributed by atoms with E-state index in [0.717, 1.165) is 0 Å². The van der Waals surface area contributed by atoms with Gasteiger partial charge in [0.15, 0.2) is 0 Å². The molecule has 0 radical (unpaired) electrons. The molecule has 0 aliphatic rings. The number of carboxylic acid groups (broad SMARTS) is 2. The maximum absolute atomic E-state index is 9.92. The van der Waals surface area contributed by atoms with Crippen LogP contribution in [0.15, 0.2) is 0 Å². The van der Waals surface area contributed by atoms with E-state index in [1.165, 1.54) is 0 Å². The molecular formula is C2H2F2O4Pt. The number of hydrogen-bond acceptors (Lipinski definition) is 2. The SMILES string of the molecule is O=C(O)F.O=C(O)F.[Pt]. The van der Waals surface area contributed by atoms with Gasteiger partial charge in [0.1, 0.15) is 0 Å². The number of hydrogen-bond donors (Lipinski definition) is 2. The van der Waals surface area contributed by atoms with Crippen molar-refractivity contribution in [1.82, 2.24) is 0 Å². The summed E-state index contributed by atoms with van der Waals surface area (Å²) in [7, 11) is 0. The fourth-order valence-electron chi connectivity index (χ4n) is 0. The molecule has 0 aliphatic heterocycles. The van der Waals surface area contributed by atoms with E-state index < -0.39 is 12.4 Å². The Morgan fingerprint density at radius 3 is 1.00 bits per heavy atom. The van der Waals surface area contributed by atoms with Crippen molar-refractivity contribution in [3.8, 4) is 0 Å². The van der Waals surface area contributed by atoms with Gasteiger partial charge in [-0.3, -0.25) is 0 Å². The molecule has 0 saturated carbocycles. The zero-order valence-electron chi connectivity index (χ0n) is 3.78. The van der Waals surface area contributed by atoms with Crippen molar-refractivity contribution in [1.29, 1.82) is 0 Å². The Bertz CT molecular complexity index is 74.6. The van der Waals surface area contributed by atoms with Crippen LogP contribution in [0.1, 0.15) is 0 Å². The second kappa shape index (κ2) is 10.5. The van der Waals surface area contributed by atoms with Gasteiger partial charge < -0.3 is 10.2 Å². The molecule has 2 N–H and O–H groups in total. The minimum Gasteiger partial charge on any atom is -0.456 e. The van der Waals surface area contributed by atoms with Gasteiger partial charge in [-0.2, -0.15) is 0 Å². The van der Waals surface area contributed by atoms with E-state index in [1.807, 2.05) is 0 Å². The molecule has 0 unspecified atom stereocenters. The van der Waals surface area contributed by atoms with Crippen molar-refractivity contribution in [2.45, 2.75) is 0 Å². The number of carbonyl (C=O) groups is 2. The Morgan fingerprint density at radius 2 is 1.00 bits per heavy atom. The molecule has 0 amide bonds. The Balaban J connectivity index is -0.0000000720. The largest absolute Gasteiger partial charge is 0.492 e. The van der Waals surface area contributed by atoms with Crippen molar-refractivity contribution in [2.75, 3.05) is 0 Å². The fraction of sp³-hybridized carbons (Fsp3) is 0. The monoisotopic (exact) mass is 323 g/mol. The molecule has 0 saturated heterocycles. The summed E-state index contributed by atoms with van der Waals surface area (Å²) in [6, 6.07) is 0. The third kappa shape index (κ3) is 861. The Morgan fingerprint density at radius 1 is 1.00 bits per heavy atom. The van der Waals surface area contributed by atoms with Crippen LogP contribution in [-0.2, 0) is 21.1 Å². The van der Waals surface area contributed by atoms with E-state index in [9.17, 15) is 8.78 Å².